The molecule has 1 rings (SSSR count). The number of allylic oxidation sites excluding steroid dienone is 4. The predicted molar refractivity (Wildman–Crippen MR) is 99.7 cm³/mol. The molecule has 0 atom stereocenters. The topological polar surface area (TPSA) is 26.0 Å². The first kappa shape index (κ1) is 19.7. The van der Waals surface area contributed by atoms with Gasteiger partial charge in [-0.2, -0.15) is 0 Å². The van der Waals surface area contributed by atoms with Gasteiger partial charge in [-0.1, -0.05) is 68.5 Å². The molecule has 0 bridgehead atoms. The van der Waals surface area contributed by atoms with E-state index in [1.165, 1.54) is 64.2 Å². The number of aryl methyl sites for hydroxylation is 2. The van der Waals surface area contributed by atoms with Crippen molar-refractivity contribution in [1.82, 2.24) is 5.16 Å². The minimum absolute atomic E-state index is 0.989. The number of rotatable bonds is 14. The molecular formula is C21H35NO. The van der Waals surface area contributed by atoms with Crippen LogP contribution in [0, 0.1) is 6.92 Å². The van der Waals surface area contributed by atoms with Crippen molar-refractivity contribution in [2.45, 2.75) is 90.9 Å². The Morgan fingerprint density at radius 2 is 1.52 bits per heavy atom. The van der Waals surface area contributed by atoms with Gasteiger partial charge in [-0.3, -0.25) is 0 Å². The van der Waals surface area contributed by atoms with Crippen molar-refractivity contribution in [3.05, 3.63) is 41.8 Å². The summed E-state index contributed by atoms with van der Waals surface area (Å²) in [7, 11) is 0. The Hall–Kier alpha value is -1.31. The van der Waals surface area contributed by atoms with Crippen molar-refractivity contribution in [3.8, 4) is 0 Å². The molecule has 2 heteroatoms. The minimum atomic E-state index is 0.989. The van der Waals surface area contributed by atoms with Gasteiger partial charge >= 0.3 is 0 Å². The molecule has 1 aromatic heterocycles. The molecule has 0 radical (unpaired) electrons. The molecule has 0 spiro atoms. The van der Waals surface area contributed by atoms with Gasteiger partial charge < -0.3 is 4.52 Å². The van der Waals surface area contributed by atoms with Crippen molar-refractivity contribution in [3.63, 3.8) is 0 Å². The number of aromatic nitrogens is 1. The van der Waals surface area contributed by atoms with Gasteiger partial charge in [0.25, 0.3) is 0 Å². The van der Waals surface area contributed by atoms with Gasteiger partial charge in [0.15, 0.2) is 0 Å². The van der Waals surface area contributed by atoms with Gasteiger partial charge in [0.1, 0.15) is 5.76 Å². The lowest BCUT2D eigenvalue weighted by atomic mass is 10.1. The third-order valence-corrected chi connectivity index (χ3v) is 4.05. The maximum Gasteiger partial charge on any atom is 0.136 e. The first-order chi connectivity index (χ1) is 11.3. The van der Waals surface area contributed by atoms with Crippen LogP contribution in [0.2, 0.25) is 0 Å². The number of hydrogen-bond acceptors (Lipinski definition) is 2. The number of nitrogens with zero attached hydrogens (tertiary/aromatic N) is 1. The predicted octanol–water partition coefficient (Wildman–Crippen LogP) is 6.95. The second-order valence-electron chi connectivity index (χ2n) is 6.42. The zero-order valence-corrected chi connectivity index (χ0v) is 15.2. The Kier molecular flexibility index (Phi) is 12.3. The molecular weight excluding hydrogens is 282 g/mol. The van der Waals surface area contributed by atoms with E-state index < -0.39 is 0 Å². The monoisotopic (exact) mass is 317 g/mol. The van der Waals surface area contributed by atoms with Gasteiger partial charge in [-0.05, 0) is 45.4 Å². The Bertz CT molecular complexity index is 431. The van der Waals surface area contributed by atoms with Crippen LogP contribution in [0.1, 0.15) is 89.0 Å². The maximum absolute atomic E-state index is 5.22. The minimum Gasteiger partial charge on any atom is -0.361 e. The Morgan fingerprint density at radius 3 is 2.17 bits per heavy atom. The van der Waals surface area contributed by atoms with Gasteiger partial charge in [0, 0.05) is 12.5 Å². The number of hydrogen-bond donors (Lipinski definition) is 0. The van der Waals surface area contributed by atoms with E-state index in [2.05, 4.69) is 36.4 Å². The maximum atomic E-state index is 5.22. The first-order valence-electron chi connectivity index (χ1n) is 9.55. The summed E-state index contributed by atoms with van der Waals surface area (Å²) in [5, 5.41) is 3.92. The molecule has 23 heavy (non-hydrogen) atoms. The highest BCUT2D eigenvalue weighted by Gasteiger charge is 1.99. The van der Waals surface area contributed by atoms with E-state index in [1.807, 2.05) is 13.0 Å². The fourth-order valence-corrected chi connectivity index (χ4v) is 2.64. The largest absolute Gasteiger partial charge is 0.361 e. The van der Waals surface area contributed by atoms with Crippen LogP contribution in [0.4, 0.5) is 0 Å². The van der Waals surface area contributed by atoms with Crippen molar-refractivity contribution in [2.75, 3.05) is 0 Å². The van der Waals surface area contributed by atoms with E-state index in [9.17, 15) is 0 Å². The standard InChI is InChI=1S/C21H35NO/c1-3-4-5-6-7-8-9-10-11-12-13-14-15-16-17-18-21-19-20(2)22-23-21/h7-8,10-11,19H,3-6,9,12-18H2,1-2H3/b8-7+,11-10+. The van der Waals surface area contributed by atoms with Crippen molar-refractivity contribution in [2.24, 2.45) is 0 Å². The number of unbranched alkanes of at least 4 members (excludes halogenated alkanes) is 8. The molecule has 0 aliphatic heterocycles. The van der Waals surface area contributed by atoms with Gasteiger partial charge in [-0.15, -0.1) is 0 Å². The normalized spacial score (nSPS) is 11.9. The van der Waals surface area contributed by atoms with Gasteiger partial charge in [-0.25, -0.2) is 0 Å². The first-order valence-corrected chi connectivity index (χ1v) is 9.55. The Balaban J connectivity index is 1.83. The van der Waals surface area contributed by atoms with Crippen LogP contribution in [-0.4, -0.2) is 5.16 Å². The van der Waals surface area contributed by atoms with E-state index in [0.717, 1.165) is 24.3 Å². The van der Waals surface area contributed by atoms with E-state index >= 15 is 0 Å². The van der Waals surface area contributed by atoms with Crippen LogP contribution in [-0.2, 0) is 6.42 Å². The van der Waals surface area contributed by atoms with Gasteiger partial charge in [0.05, 0.1) is 5.69 Å². The average Bonchev–Trinajstić information content (AvgIpc) is 2.96. The summed E-state index contributed by atoms with van der Waals surface area (Å²) in [6, 6.07) is 2.04. The third kappa shape index (κ3) is 11.9. The molecule has 0 aromatic carbocycles. The van der Waals surface area contributed by atoms with E-state index in [4.69, 9.17) is 4.52 Å². The van der Waals surface area contributed by atoms with E-state index in [1.54, 1.807) is 0 Å². The molecule has 0 N–H and O–H groups in total. The van der Waals surface area contributed by atoms with Crippen molar-refractivity contribution < 1.29 is 4.52 Å². The summed E-state index contributed by atoms with van der Waals surface area (Å²) >= 11 is 0. The van der Waals surface area contributed by atoms with Gasteiger partial charge in [0.2, 0.25) is 0 Å². The summed E-state index contributed by atoms with van der Waals surface area (Å²) in [4.78, 5) is 0. The molecule has 0 saturated carbocycles. The van der Waals surface area contributed by atoms with Crippen LogP contribution >= 0.6 is 0 Å². The zero-order valence-electron chi connectivity index (χ0n) is 15.2. The molecule has 0 amide bonds. The van der Waals surface area contributed by atoms with Crippen molar-refractivity contribution in [1.29, 1.82) is 0 Å². The molecule has 0 aliphatic carbocycles. The quantitative estimate of drug-likeness (QED) is 0.274. The smallest absolute Gasteiger partial charge is 0.136 e. The van der Waals surface area contributed by atoms with Crippen LogP contribution in [0.3, 0.4) is 0 Å². The molecule has 130 valence electrons. The lowest BCUT2D eigenvalue weighted by Gasteiger charge is -1.98. The highest BCUT2D eigenvalue weighted by molar-refractivity contribution is 5.02. The summed E-state index contributed by atoms with van der Waals surface area (Å²) in [6.45, 7) is 4.23. The molecule has 1 aromatic rings. The molecule has 0 saturated heterocycles. The second kappa shape index (κ2) is 14.3. The lowest BCUT2D eigenvalue weighted by Crippen LogP contribution is -1.83. The summed E-state index contributed by atoms with van der Waals surface area (Å²) in [5.74, 6) is 1.04. The fourth-order valence-electron chi connectivity index (χ4n) is 2.64. The van der Waals surface area contributed by atoms with Crippen LogP contribution < -0.4 is 0 Å². The summed E-state index contributed by atoms with van der Waals surface area (Å²) < 4.78 is 5.22. The summed E-state index contributed by atoms with van der Waals surface area (Å²) in [6.07, 6.45) is 24.4. The van der Waals surface area contributed by atoms with Crippen molar-refractivity contribution >= 4 is 0 Å². The van der Waals surface area contributed by atoms with Crippen LogP contribution in [0.25, 0.3) is 0 Å². The fraction of sp³-hybridized carbons (Fsp3) is 0.667. The third-order valence-electron chi connectivity index (χ3n) is 4.05. The SMILES string of the molecule is CCCCC/C=C/C/C=C/CCCCCCCc1cc(C)no1. The van der Waals surface area contributed by atoms with Crippen LogP contribution in [0.5, 0.6) is 0 Å². The lowest BCUT2D eigenvalue weighted by molar-refractivity contribution is 0.375. The molecule has 0 aliphatic rings. The molecule has 1 heterocycles. The highest BCUT2D eigenvalue weighted by Crippen LogP contribution is 2.11. The van der Waals surface area contributed by atoms with E-state index in [0.29, 0.717) is 0 Å². The molecule has 0 unspecified atom stereocenters. The highest BCUT2D eigenvalue weighted by atomic mass is 16.5. The van der Waals surface area contributed by atoms with Crippen LogP contribution in [0.15, 0.2) is 34.9 Å². The Morgan fingerprint density at radius 1 is 0.870 bits per heavy atom. The zero-order chi connectivity index (χ0) is 16.6. The summed E-state index contributed by atoms with van der Waals surface area (Å²) in [5.41, 5.74) is 0.989. The second-order valence-corrected chi connectivity index (χ2v) is 6.42. The van der Waals surface area contributed by atoms with E-state index in [-0.39, 0.29) is 0 Å². The molecule has 0 fully saturated rings. The average molecular weight is 318 g/mol. The molecule has 2 nitrogen and oxygen atoms in total. The Labute approximate surface area is 143 Å².